The van der Waals surface area contributed by atoms with E-state index in [4.69, 9.17) is 0 Å². The second-order valence-electron chi connectivity index (χ2n) is 17.5. The summed E-state index contributed by atoms with van der Waals surface area (Å²) in [5, 5.41) is 7.61. The minimum absolute atomic E-state index is 0.0156. The quantitative estimate of drug-likeness (QED) is 0.102. The Labute approximate surface area is 312 Å². The molecule has 2 nitrogen and oxygen atoms in total. The lowest BCUT2D eigenvalue weighted by Gasteiger charge is -2.33. The van der Waals surface area contributed by atoms with Gasteiger partial charge in [0.1, 0.15) is 0 Å². The Bertz CT molecular complexity index is 1540. The molecule has 0 saturated carbocycles. The Morgan fingerprint density at radius 2 is 0.745 bits per heavy atom. The zero-order valence-electron chi connectivity index (χ0n) is 33.5. The molecule has 2 N–H and O–H groups in total. The number of anilines is 4. The van der Waals surface area contributed by atoms with Crippen molar-refractivity contribution >= 4 is 22.7 Å². The Hall–Kier alpha value is -3.52. The topological polar surface area (TPSA) is 24.1 Å². The zero-order chi connectivity index (χ0) is 36.5. The van der Waals surface area contributed by atoms with Gasteiger partial charge in [-0.25, -0.2) is 0 Å². The van der Waals surface area contributed by atoms with E-state index in [1.807, 2.05) is 0 Å². The van der Waals surface area contributed by atoms with Crippen molar-refractivity contribution in [3.05, 3.63) is 107 Å². The van der Waals surface area contributed by atoms with Crippen LogP contribution in [0.5, 0.6) is 0 Å². The van der Waals surface area contributed by atoms with Crippen LogP contribution in [0.4, 0.5) is 22.7 Å². The van der Waals surface area contributed by atoms with Crippen molar-refractivity contribution in [1.82, 2.24) is 0 Å². The number of unbranched alkanes of at least 4 members (excludes halogenated alkanes) is 10. The highest BCUT2D eigenvalue weighted by Gasteiger charge is 2.42. The maximum Gasteiger partial charge on any atom is 0.0387 e. The molecule has 0 fully saturated rings. The lowest BCUT2D eigenvalue weighted by atomic mass is 9.70. The minimum atomic E-state index is 0.0156. The third kappa shape index (κ3) is 9.88. The van der Waals surface area contributed by atoms with Gasteiger partial charge < -0.3 is 10.6 Å². The molecular formula is C49H68N2. The van der Waals surface area contributed by atoms with Crippen molar-refractivity contribution in [3.63, 3.8) is 0 Å². The van der Waals surface area contributed by atoms with Crippen molar-refractivity contribution in [2.24, 2.45) is 0 Å². The summed E-state index contributed by atoms with van der Waals surface area (Å²) in [5.41, 5.74) is 13.6. The lowest BCUT2D eigenvalue weighted by Crippen LogP contribution is -2.26. The Balaban J connectivity index is 1.50. The highest BCUT2D eigenvalue weighted by Crippen LogP contribution is 2.55. The predicted octanol–water partition coefficient (Wildman–Crippen LogP) is 15.5. The SMILES string of the molecule is CCCCCCCCC1(CCCCCCCC)c2cc(Nc3ccc(C(C)(C)C)cc3)ccc2-c2ccc(Nc3ccc(C(C)(C)C)cc3)cc21. The Morgan fingerprint density at radius 3 is 1.10 bits per heavy atom. The average Bonchev–Trinajstić information content (AvgIpc) is 3.35. The van der Waals surface area contributed by atoms with Crippen LogP contribution in [0.1, 0.15) is 168 Å². The van der Waals surface area contributed by atoms with Crippen LogP contribution in [0.15, 0.2) is 84.9 Å². The molecule has 2 heteroatoms. The second kappa shape index (κ2) is 17.3. The van der Waals surface area contributed by atoms with E-state index in [1.54, 1.807) is 0 Å². The first-order valence-electron chi connectivity index (χ1n) is 20.5. The van der Waals surface area contributed by atoms with Crippen molar-refractivity contribution < 1.29 is 0 Å². The van der Waals surface area contributed by atoms with Gasteiger partial charge in [0, 0.05) is 28.2 Å². The predicted molar refractivity (Wildman–Crippen MR) is 225 cm³/mol. The molecule has 51 heavy (non-hydrogen) atoms. The number of nitrogens with one attached hydrogen (secondary N) is 2. The highest BCUT2D eigenvalue weighted by atomic mass is 14.9. The molecule has 0 unspecified atom stereocenters. The lowest BCUT2D eigenvalue weighted by molar-refractivity contribution is 0.398. The second-order valence-corrected chi connectivity index (χ2v) is 17.5. The van der Waals surface area contributed by atoms with Crippen molar-refractivity contribution in [2.75, 3.05) is 10.6 Å². The molecule has 0 amide bonds. The summed E-state index contributed by atoms with van der Waals surface area (Å²) in [7, 11) is 0. The summed E-state index contributed by atoms with van der Waals surface area (Å²) in [5.74, 6) is 0. The zero-order valence-corrected chi connectivity index (χ0v) is 33.5. The molecule has 4 aromatic rings. The fourth-order valence-electron chi connectivity index (χ4n) is 8.17. The first-order valence-corrected chi connectivity index (χ1v) is 20.5. The van der Waals surface area contributed by atoms with Gasteiger partial charge in [0.15, 0.2) is 0 Å². The summed E-state index contributed by atoms with van der Waals surface area (Å²) < 4.78 is 0. The van der Waals surface area contributed by atoms with E-state index in [1.165, 1.54) is 135 Å². The number of benzene rings is 4. The molecule has 0 spiro atoms. The first-order chi connectivity index (χ1) is 24.4. The van der Waals surface area contributed by atoms with Gasteiger partial charge in [-0.1, -0.05) is 169 Å². The number of fused-ring (bicyclic) bond motifs is 3. The van der Waals surface area contributed by atoms with Crippen LogP contribution >= 0.6 is 0 Å². The van der Waals surface area contributed by atoms with E-state index in [0.717, 1.165) is 11.4 Å². The van der Waals surface area contributed by atoms with E-state index in [-0.39, 0.29) is 16.2 Å². The van der Waals surface area contributed by atoms with Crippen LogP contribution < -0.4 is 10.6 Å². The first kappa shape index (κ1) is 38.7. The summed E-state index contributed by atoms with van der Waals surface area (Å²) >= 11 is 0. The van der Waals surface area contributed by atoms with E-state index < -0.39 is 0 Å². The normalized spacial score (nSPS) is 13.6. The van der Waals surface area contributed by atoms with Crippen molar-refractivity contribution in [2.45, 2.75) is 162 Å². The van der Waals surface area contributed by atoms with Crippen molar-refractivity contribution in [3.8, 4) is 11.1 Å². The number of rotatable bonds is 18. The van der Waals surface area contributed by atoms with Gasteiger partial charge >= 0.3 is 0 Å². The van der Waals surface area contributed by atoms with Gasteiger partial charge in [0.2, 0.25) is 0 Å². The molecule has 4 aromatic carbocycles. The van der Waals surface area contributed by atoms with Gasteiger partial charge in [0.25, 0.3) is 0 Å². The van der Waals surface area contributed by atoms with Crippen LogP contribution in [-0.4, -0.2) is 0 Å². The van der Waals surface area contributed by atoms with Gasteiger partial charge in [-0.3, -0.25) is 0 Å². The third-order valence-corrected chi connectivity index (χ3v) is 11.4. The standard InChI is InChI=1S/C49H68N2/c1-9-11-13-15-17-19-33-49(34-20-18-16-14-12-10-2)45-35-41(50-39-25-21-37(22-26-39)47(3,4)5)29-31-43(45)44-32-30-42(36-46(44)49)51-40-27-23-38(24-28-40)48(6,7)8/h21-32,35-36,50-51H,9-20,33-34H2,1-8H3. The maximum atomic E-state index is 3.80. The van der Waals surface area contributed by atoms with Crippen molar-refractivity contribution in [1.29, 1.82) is 0 Å². The average molecular weight is 685 g/mol. The van der Waals surface area contributed by atoms with Crippen LogP contribution in [0.3, 0.4) is 0 Å². The van der Waals surface area contributed by atoms with Crippen LogP contribution in [0, 0.1) is 0 Å². The molecule has 0 aromatic heterocycles. The van der Waals surface area contributed by atoms with Crippen LogP contribution in [0.2, 0.25) is 0 Å². The van der Waals surface area contributed by atoms with Crippen LogP contribution in [0.25, 0.3) is 11.1 Å². The molecule has 0 atom stereocenters. The van der Waals surface area contributed by atoms with E-state index in [2.05, 4.69) is 151 Å². The maximum absolute atomic E-state index is 3.80. The van der Waals surface area contributed by atoms with Gasteiger partial charge in [0.05, 0.1) is 0 Å². The Morgan fingerprint density at radius 1 is 0.412 bits per heavy atom. The Kier molecular flexibility index (Phi) is 13.2. The van der Waals surface area contributed by atoms with Gasteiger partial charge in [-0.2, -0.15) is 0 Å². The molecule has 0 saturated heterocycles. The smallest absolute Gasteiger partial charge is 0.0387 e. The largest absolute Gasteiger partial charge is 0.356 e. The molecule has 0 radical (unpaired) electrons. The summed E-state index contributed by atoms with van der Waals surface area (Å²) in [4.78, 5) is 0. The summed E-state index contributed by atoms with van der Waals surface area (Å²) in [6.07, 6.45) is 18.3. The van der Waals surface area contributed by atoms with Gasteiger partial charge in [-0.15, -0.1) is 0 Å². The fraction of sp³-hybridized carbons (Fsp3) is 0.510. The molecule has 0 aliphatic heterocycles. The summed E-state index contributed by atoms with van der Waals surface area (Å²) in [6, 6.07) is 32.5. The molecular weight excluding hydrogens is 617 g/mol. The number of hydrogen-bond donors (Lipinski definition) is 2. The molecule has 5 rings (SSSR count). The molecule has 274 valence electrons. The van der Waals surface area contributed by atoms with E-state index >= 15 is 0 Å². The molecule has 0 bridgehead atoms. The highest BCUT2D eigenvalue weighted by molar-refractivity contribution is 5.85. The van der Waals surface area contributed by atoms with Crippen LogP contribution in [-0.2, 0) is 16.2 Å². The molecule has 0 heterocycles. The van der Waals surface area contributed by atoms with Gasteiger partial charge in [-0.05, 0) is 106 Å². The summed E-state index contributed by atoms with van der Waals surface area (Å²) in [6.45, 7) is 18.3. The van der Waals surface area contributed by atoms with E-state index in [0.29, 0.717) is 0 Å². The molecule has 1 aliphatic carbocycles. The number of hydrogen-bond acceptors (Lipinski definition) is 2. The third-order valence-electron chi connectivity index (χ3n) is 11.4. The van der Waals surface area contributed by atoms with E-state index in [9.17, 15) is 0 Å². The minimum Gasteiger partial charge on any atom is -0.356 e. The monoisotopic (exact) mass is 685 g/mol. The fourth-order valence-corrected chi connectivity index (χ4v) is 8.17. The molecule has 1 aliphatic rings.